The first-order chi connectivity index (χ1) is 11.4. The maximum atomic E-state index is 13.0. The van der Waals surface area contributed by atoms with E-state index in [2.05, 4.69) is 10.2 Å². The molecule has 1 fully saturated rings. The number of rotatable bonds is 4. The lowest BCUT2D eigenvalue weighted by atomic mass is 10.2. The molecule has 1 unspecified atom stereocenters. The van der Waals surface area contributed by atoms with Crippen LogP contribution in [0.2, 0.25) is 0 Å². The molecule has 7 nitrogen and oxygen atoms in total. The van der Waals surface area contributed by atoms with Crippen LogP contribution in [0.15, 0.2) is 24.3 Å². The fourth-order valence-corrected chi connectivity index (χ4v) is 4.59. The van der Waals surface area contributed by atoms with Crippen LogP contribution in [-0.2, 0) is 9.84 Å². The van der Waals surface area contributed by atoms with Gasteiger partial charge in [0.05, 0.1) is 17.2 Å². The predicted molar refractivity (Wildman–Crippen MR) is 86.1 cm³/mol. The van der Waals surface area contributed by atoms with Crippen LogP contribution in [0.4, 0.5) is 10.2 Å². The molecule has 1 aromatic carbocycles. The van der Waals surface area contributed by atoms with Gasteiger partial charge < -0.3 is 4.90 Å². The number of halogens is 1. The zero-order valence-electron chi connectivity index (χ0n) is 13.1. The van der Waals surface area contributed by atoms with Crippen molar-refractivity contribution in [2.24, 2.45) is 0 Å². The fraction of sp³-hybridized carbons (Fsp3) is 0.400. The molecule has 2 heterocycles. The lowest BCUT2D eigenvalue weighted by Crippen LogP contribution is -2.37. The number of anilines is 1. The van der Waals surface area contributed by atoms with Gasteiger partial charge in [-0.25, -0.2) is 12.8 Å². The van der Waals surface area contributed by atoms with E-state index in [1.807, 2.05) is 13.0 Å². The summed E-state index contributed by atoms with van der Waals surface area (Å²) in [6, 6.07) is 7.37. The van der Waals surface area contributed by atoms with Crippen molar-refractivity contribution < 1.29 is 12.8 Å². The minimum Gasteiger partial charge on any atom is -0.349 e. The van der Waals surface area contributed by atoms with E-state index >= 15 is 0 Å². The Kier molecular flexibility index (Phi) is 4.24. The molecule has 0 bridgehead atoms. The Morgan fingerprint density at radius 1 is 1.38 bits per heavy atom. The largest absolute Gasteiger partial charge is 0.349 e. The SMILES string of the molecule is CCN(c1nn(-c2ccc(F)cc2)nc1C#N)C1CCS(=O)(=O)C1. The van der Waals surface area contributed by atoms with Crippen LogP contribution in [0.25, 0.3) is 5.69 Å². The van der Waals surface area contributed by atoms with Crippen LogP contribution >= 0.6 is 0 Å². The molecule has 1 aromatic heterocycles. The summed E-state index contributed by atoms with van der Waals surface area (Å²) in [6.45, 7) is 2.39. The molecule has 1 aliphatic heterocycles. The molecule has 0 saturated carbocycles. The first kappa shape index (κ1) is 16.4. The minimum atomic E-state index is -3.05. The molecule has 0 N–H and O–H groups in total. The highest BCUT2D eigenvalue weighted by atomic mass is 32.2. The third-order valence-electron chi connectivity index (χ3n) is 4.02. The summed E-state index contributed by atoms with van der Waals surface area (Å²) >= 11 is 0. The van der Waals surface area contributed by atoms with Crippen LogP contribution in [-0.4, -0.2) is 47.5 Å². The number of aromatic nitrogens is 3. The van der Waals surface area contributed by atoms with E-state index in [1.54, 1.807) is 4.90 Å². The van der Waals surface area contributed by atoms with Gasteiger partial charge in [-0.3, -0.25) is 0 Å². The standard InChI is InChI=1S/C15H16FN5O2S/c1-2-20(13-7-8-24(22,23)10-13)15-14(9-17)18-21(19-15)12-5-3-11(16)4-6-12/h3-6,13H,2,7-8,10H2,1H3. The van der Waals surface area contributed by atoms with Gasteiger partial charge in [-0.2, -0.15) is 5.26 Å². The van der Waals surface area contributed by atoms with E-state index in [9.17, 15) is 18.1 Å². The molecule has 0 aliphatic carbocycles. The Morgan fingerprint density at radius 3 is 2.62 bits per heavy atom. The van der Waals surface area contributed by atoms with Crippen LogP contribution < -0.4 is 4.90 Å². The van der Waals surface area contributed by atoms with Crippen LogP contribution in [0.1, 0.15) is 19.0 Å². The van der Waals surface area contributed by atoms with Gasteiger partial charge in [0.1, 0.15) is 11.9 Å². The van der Waals surface area contributed by atoms with Gasteiger partial charge in [0.25, 0.3) is 0 Å². The molecule has 1 atom stereocenters. The summed E-state index contributed by atoms with van der Waals surface area (Å²) < 4.78 is 36.5. The molecule has 0 spiro atoms. The number of hydrogen-bond acceptors (Lipinski definition) is 6. The van der Waals surface area contributed by atoms with Crippen LogP contribution in [0.5, 0.6) is 0 Å². The molecule has 2 aromatic rings. The minimum absolute atomic E-state index is 0.0507. The van der Waals surface area contributed by atoms with E-state index in [0.29, 0.717) is 24.5 Å². The van der Waals surface area contributed by atoms with E-state index in [-0.39, 0.29) is 29.1 Å². The van der Waals surface area contributed by atoms with Crippen molar-refractivity contribution in [2.45, 2.75) is 19.4 Å². The quantitative estimate of drug-likeness (QED) is 0.826. The van der Waals surface area contributed by atoms with Crippen LogP contribution in [0, 0.1) is 17.1 Å². The monoisotopic (exact) mass is 349 g/mol. The van der Waals surface area contributed by atoms with Crippen molar-refractivity contribution in [1.82, 2.24) is 15.0 Å². The molecule has 1 aliphatic rings. The van der Waals surface area contributed by atoms with Gasteiger partial charge in [0, 0.05) is 12.6 Å². The van der Waals surface area contributed by atoms with E-state index in [0.717, 1.165) is 0 Å². The summed E-state index contributed by atoms with van der Waals surface area (Å²) in [5, 5.41) is 17.8. The van der Waals surface area contributed by atoms with Gasteiger partial charge in [0.2, 0.25) is 5.69 Å². The average molecular weight is 349 g/mol. The number of nitrogens with zero attached hydrogens (tertiary/aromatic N) is 5. The molecular formula is C15H16FN5O2S. The molecular weight excluding hydrogens is 333 g/mol. The first-order valence-corrected chi connectivity index (χ1v) is 9.36. The highest BCUT2D eigenvalue weighted by molar-refractivity contribution is 7.91. The topological polar surface area (TPSA) is 91.9 Å². The van der Waals surface area contributed by atoms with Gasteiger partial charge in [0.15, 0.2) is 15.7 Å². The Balaban J connectivity index is 1.97. The second-order valence-electron chi connectivity index (χ2n) is 5.59. The van der Waals surface area contributed by atoms with Crippen molar-refractivity contribution in [1.29, 1.82) is 5.26 Å². The number of nitriles is 1. The molecule has 126 valence electrons. The van der Waals surface area contributed by atoms with Gasteiger partial charge in [-0.1, -0.05) is 0 Å². The third kappa shape index (κ3) is 3.10. The molecule has 9 heteroatoms. The van der Waals surface area contributed by atoms with Gasteiger partial charge in [-0.05, 0) is 37.6 Å². The maximum absolute atomic E-state index is 13.0. The summed E-state index contributed by atoms with van der Waals surface area (Å²) in [5.74, 6) is 0.168. The Hall–Kier alpha value is -2.47. The van der Waals surface area contributed by atoms with Crippen molar-refractivity contribution in [2.75, 3.05) is 23.0 Å². The second kappa shape index (κ2) is 6.20. The van der Waals surface area contributed by atoms with Crippen molar-refractivity contribution in [3.8, 4) is 11.8 Å². The van der Waals surface area contributed by atoms with Crippen molar-refractivity contribution in [3.63, 3.8) is 0 Å². The maximum Gasteiger partial charge on any atom is 0.207 e. The first-order valence-electron chi connectivity index (χ1n) is 7.54. The van der Waals surface area contributed by atoms with E-state index < -0.39 is 9.84 Å². The number of benzene rings is 1. The zero-order valence-corrected chi connectivity index (χ0v) is 13.9. The summed E-state index contributed by atoms with van der Waals surface area (Å²) in [6.07, 6.45) is 0.504. The summed E-state index contributed by atoms with van der Waals surface area (Å²) in [4.78, 5) is 3.07. The predicted octanol–water partition coefficient (Wildman–Crippen LogP) is 1.29. The van der Waals surface area contributed by atoms with Crippen molar-refractivity contribution >= 4 is 15.7 Å². The van der Waals surface area contributed by atoms with Crippen molar-refractivity contribution in [3.05, 3.63) is 35.8 Å². The zero-order chi connectivity index (χ0) is 17.3. The smallest absolute Gasteiger partial charge is 0.207 e. The molecule has 0 radical (unpaired) electrons. The third-order valence-corrected chi connectivity index (χ3v) is 5.77. The van der Waals surface area contributed by atoms with E-state index in [1.165, 1.54) is 29.1 Å². The molecule has 3 rings (SSSR count). The number of sulfone groups is 1. The molecule has 24 heavy (non-hydrogen) atoms. The Labute approximate surface area is 139 Å². The average Bonchev–Trinajstić information content (AvgIpc) is 3.13. The van der Waals surface area contributed by atoms with Gasteiger partial charge >= 0.3 is 0 Å². The lowest BCUT2D eigenvalue weighted by Gasteiger charge is -2.26. The second-order valence-corrected chi connectivity index (χ2v) is 7.82. The Morgan fingerprint density at radius 2 is 2.08 bits per heavy atom. The van der Waals surface area contributed by atoms with Crippen LogP contribution in [0.3, 0.4) is 0 Å². The normalized spacial score (nSPS) is 19.1. The van der Waals surface area contributed by atoms with E-state index in [4.69, 9.17) is 0 Å². The Bertz CT molecular complexity index is 886. The fourth-order valence-electron chi connectivity index (χ4n) is 2.86. The summed E-state index contributed by atoms with van der Waals surface area (Å²) in [5.41, 5.74) is 0.639. The number of hydrogen-bond donors (Lipinski definition) is 0. The highest BCUT2D eigenvalue weighted by Crippen LogP contribution is 2.25. The summed E-state index contributed by atoms with van der Waals surface area (Å²) in [7, 11) is -3.05. The highest BCUT2D eigenvalue weighted by Gasteiger charge is 2.34. The lowest BCUT2D eigenvalue weighted by molar-refractivity contribution is 0.599. The van der Waals surface area contributed by atoms with Gasteiger partial charge in [-0.15, -0.1) is 15.0 Å². The molecule has 0 amide bonds. The molecule has 1 saturated heterocycles.